The Morgan fingerprint density at radius 1 is 1.03 bits per heavy atom. The number of amides is 2. The minimum atomic E-state index is -0.804. The number of para-hydroxylation sites is 1. The number of halogens is 1. The van der Waals surface area contributed by atoms with E-state index in [0.717, 1.165) is 10.1 Å². The third-order valence-electron chi connectivity index (χ3n) is 4.11. The van der Waals surface area contributed by atoms with Crippen LogP contribution in [0.25, 0.3) is 10.1 Å². The monoisotopic (exact) mass is 460 g/mol. The highest BCUT2D eigenvalue weighted by molar-refractivity contribution is 7.21. The molecule has 1 heterocycles. The molecule has 3 aromatic rings. The summed E-state index contributed by atoms with van der Waals surface area (Å²) >= 11 is 7.45. The van der Waals surface area contributed by atoms with Crippen molar-refractivity contribution in [3.63, 3.8) is 0 Å². The predicted octanol–water partition coefficient (Wildman–Crippen LogP) is 3.25. The maximum Gasteiger partial charge on any atom is 0.339 e. The molecule has 0 saturated heterocycles. The van der Waals surface area contributed by atoms with E-state index in [-0.39, 0.29) is 16.1 Å². The van der Waals surface area contributed by atoms with Crippen molar-refractivity contribution in [2.45, 2.75) is 0 Å². The van der Waals surface area contributed by atoms with Crippen molar-refractivity contribution in [1.82, 2.24) is 5.32 Å². The van der Waals surface area contributed by atoms with Crippen LogP contribution in [0, 0.1) is 0 Å². The molecule has 1 aromatic heterocycles. The highest BCUT2D eigenvalue weighted by Gasteiger charge is 2.18. The maximum atomic E-state index is 12.3. The Morgan fingerprint density at radius 3 is 2.48 bits per heavy atom. The van der Waals surface area contributed by atoms with Gasteiger partial charge in [0.2, 0.25) is 0 Å². The van der Waals surface area contributed by atoms with Gasteiger partial charge >= 0.3 is 11.9 Å². The van der Waals surface area contributed by atoms with Crippen molar-refractivity contribution in [3.8, 4) is 0 Å². The van der Waals surface area contributed by atoms with E-state index in [2.05, 4.69) is 15.4 Å². The first kappa shape index (κ1) is 22.3. The fraction of sp³-hybridized carbons (Fsp3) is 0.143. The van der Waals surface area contributed by atoms with Crippen LogP contribution in [0.4, 0.5) is 5.69 Å². The molecule has 0 saturated carbocycles. The summed E-state index contributed by atoms with van der Waals surface area (Å²) in [6, 6.07) is 13.5. The van der Waals surface area contributed by atoms with Crippen LogP contribution >= 0.6 is 22.9 Å². The van der Waals surface area contributed by atoms with E-state index in [4.69, 9.17) is 16.3 Å². The van der Waals surface area contributed by atoms with Crippen molar-refractivity contribution in [2.24, 2.45) is 0 Å². The van der Waals surface area contributed by atoms with Gasteiger partial charge in [-0.25, -0.2) is 4.79 Å². The summed E-state index contributed by atoms with van der Waals surface area (Å²) in [5.41, 5.74) is 0.389. The van der Waals surface area contributed by atoms with Crippen molar-refractivity contribution in [3.05, 3.63) is 64.0 Å². The number of methoxy groups -OCH3 is 1. The number of carbonyl (C=O) groups is 4. The van der Waals surface area contributed by atoms with Crippen molar-refractivity contribution < 1.29 is 28.7 Å². The molecule has 2 amide bonds. The zero-order valence-corrected chi connectivity index (χ0v) is 17.8. The lowest BCUT2D eigenvalue weighted by Gasteiger charge is -2.10. The summed E-state index contributed by atoms with van der Waals surface area (Å²) in [7, 11) is 1.23. The second-order valence-electron chi connectivity index (χ2n) is 6.17. The number of thiophene rings is 1. The van der Waals surface area contributed by atoms with Gasteiger partial charge in [-0.1, -0.05) is 41.9 Å². The van der Waals surface area contributed by atoms with Crippen LogP contribution in [-0.4, -0.2) is 44.0 Å². The molecule has 2 aromatic carbocycles. The molecule has 160 valence electrons. The number of anilines is 1. The van der Waals surface area contributed by atoms with Gasteiger partial charge in [-0.3, -0.25) is 14.4 Å². The highest BCUT2D eigenvalue weighted by atomic mass is 35.5. The molecule has 8 nitrogen and oxygen atoms in total. The smallest absolute Gasteiger partial charge is 0.339 e. The molecule has 10 heteroatoms. The first-order chi connectivity index (χ1) is 14.9. The number of ether oxygens (including phenoxy) is 2. The van der Waals surface area contributed by atoms with Crippen LogP contribution in [0.3, 0.4) is 0 Å². The van der Waals surface area contributed by atoms with E-state index in [9.17, 15) is 19.2 Å². The summed E-state index contributed by atoms with van der Waals surface area (Å²) in [6.07, 6.45) is 0. The topological polar surface area (TPSA) is 111 Å². The van der Waals surface area contributed by atoms with Gasteiger partial charge < -0.3 is 20.1 Å². The fourth-order valence-corrected chi connectivity index (χ4v) is 4.09. The zero-order chi connectivity index (χ0) is 22.4. The Labute approximate surface area is 186 Å². The predicted molar refractivity (Wildman–Crippen MR) is 117 cm³/mol. The van der Waals surface area contributed by atoms with Gasteiger partial charge in [0.05, 0.1) is 23.4 Å². The van der Waals surface area contributed by atoms with Crippen LogP contribution in [0.2, 0.25) is 5.02 Å². The van der Waals surface area contributed by atoms with Gasteiger partial charge in [0.15, 0.2) is 6.61 Å². The van der Waals surface area contributed by atoms with E-state index in [0.29, 0.717) is 5.02 Å². The Hall–Kier alpha value is -3.43. The van der Waals surface area contributed by atoms with Gasteiger partial charge in [0, 0.05) is 10.1 Å². The summed E-state index contributed by atoms with van der Waals surface area (Å²) in [5, 5.41) is 5.97. The number of hydrogen-bond acceptors (Lipinski definition) is 7. The molecule has 0 fully saturated rings. The van der Waals surface area contributed by atoms with Crippen molar-refractivity contribution >= 4 is 62.5 Å². The van der Waals surface area contributed by atoms with Crippen LogP contribution in [0.1, 0.15) is 20.0 Å². The minimum Gasteiger partial charge on any atom is -0.465 e. The average molecular weight is 461 g/mol. The first-order valence-electron chi connectivity index (χ1n) is 8.98. The molecule has 3 rings (SSSR count). The number of benzene rings is 2. The molecule has 2 N–H and O–H groups in total. The van der Waals surface area contributed by atoms with E-state index in [1.54, 1.807) is 18.2 Å². The molecule has 0 radical (unpaired) electrons. The number of fused-ring (bicyclic) bond motifs is 1. The normalized spacial score (nSPS) is 10.4. The van der Waals surface area contributed by atoms with Gasteiger partial charge in [-0.2, -0.15) is 0 Å². The molecule has 0 aliphatic carbocycles. The molecule has 0 aliphatic rings. The maximum absolute atomic E-state index is 12.3. The number of esters is 2. The van der Waals surface area contributed by atoms with Gasteiger partial charge in [-0.05, 0) is 18.2 Å². The SMILES string of the molecule is COC(=O)c1ccccc1NC(=O)COC(=O)CNC(=O)c1sc2ccccc2c1Cl. The largest absolute Gasteiger partial charge is 0.465 e. The Kier molecular flexibility index (Phi) is 7.22. The summed E-state index contributed by atoms with van der Waals surface area (Å²) in [5.74, 6) is -2.58. The van der Waals surface area contributed by atoms with Crippen LogP contribution < -0.4 is 10.6 Å². The van der Waals surface area contributed by atoms with Gasteiger partial charge in [0.1, 0.15) is 11.4 Å². The average Bonchev–Trinajstić information content (AvgIpc) is 3.12. The fourth-order valence-electron chi connectivity index (χ4n) is 2.66. The second-order valence-corrected chi connectivity index (χ2v) is 7.60. The summed E-state index contributed by atoms with van der Waals surface area (Å²) in [6.45, 7) is -1.02. The Morgan fingerprint density at radius 2 is 1.74 bits per heavy atom. The number of hydrogen-bond donors (Lipinski definition) is 2. The quantitative estimate of drug-likeness (QED) is 0.523. The Bertz CT molecular complexity index is 1160. The first-order valence-corrected chi connectivity index (χ1v) is 10.2. The molecule has 0 spiro atoms. The molecule has 0 unspecified atom stereocenters. The lowest BCUT2D eigenvalue weighted by atomic mass is 10.2. The number of nitrogens with one attached hydrogen (secondary N) is 2. The highest BCUT2D eigenvalue weighted by Crippen LogP contribution is 2.34. The van der Waals surface area contributed by atoms with Crippen molar-refractivity contribution in [1.29, 1.82) is 0 Å². The lowest BCUT2D eigenvalue weighted by Crippen LogP contribution is -2.32. The van der Waals surface area contributed by atoms with E-state index in [1.807, 2.05) is 18.2 Å². The molecular weight excluding hydrogens is 444 g/mol. The van der Waals surface area contributed by atoms with Crippen LogP contribution in [0.5, 0.6) is 0 Å². The second kappa shape index (κ2) is 10.1. The van der Waals surface area contributed by atoms with E-state index < -0.39 is 36.9 Å². The summed E-state index contributed by atoms with van der Waals surface area (Å²) < 4.78 is 10.4. The third kappa shape index (κ3) is 5.39. The van der Waals surface area contributed by atoms with Gasteiger partial charge in [-0.15, -0.1) is 11.3 Å². The standard InChI is InChI=1S/C21H17ClN2O6S/c1-29-21(28)12-6-2-4-8-14(12)24-16(25)11-30-17(26)10-23-20(27)19-18(22)13-7-3-5-9-15(13)31-19/h2-9H,10-11H2,1H3,(H,23,27)(H,24,25). The van der Waals surface area contributed by atoms with E-state index >= 15 is 0 Å². The number of rotatable bonds is 7. The molecule has 31 heavy (non-hydrogen) atoms. The molecule has 0 bridgehead atoms. The molecule has 0 aliphatic heterocycles. The summed E-state index contributed by atoms with van der Waals surface area (Å²) in [4.78, 5) is 48.3. The molecular formula is C21H17ClN2O6S. The minimum absolute atomic E-state index is 0.164. The zero-order valence-electron chi connectivity index (χ0n) is 16.3. The van der Waals surface area contributed by atoms with E-state index in [1.165, 1.54) is 30.6 Å². The van der Waals surface area contributed by atoms with Gasteiger partial charge in [0.25, 0.3) is 11.8 Å². The molecule has 0 atom stereocenters. The van der Waals surface area contributed by atoms with Crippen LogP contribution in [0.15, 0.2) is 48.5 Å². The van der Waals surface area contributed by atoms with Crippen molar-refractivity contribution in [2.75, 3.05) is 25.6 Å². The van der Waals surface area contributed by atoms with Crippen LogP contribution in [-0.2, 0) is 19.1 Å². The Balaban J connectivity index is 1.50. The number of carbonyl (C=O) groups excluding carboxylic acids is 4. The lowest BCUT2D eigenvalue weighted by molar-refractivity contribution is -0.146. The third-order valence-corrected chi connectivity index (χ3v) is 5.78.